The molecule has 0 unspecified atom stereocenters. The summed E-state index contributed by atoms with van der Waals surface area (Å²) in [6, 6.07) is 17.5. The van der Waals surface area contributed by atoms with Crippen molar-refractivity contribution in [3.63, 3.8) is 0 Å². The minimum absolute atomic E-state index is 0.0261. The predicted octanol–water partition coefficient (Wildman–Crippen LogP) is 3.67. The summed E-state index contributed by atoms with van der Waals surface area (Å²) in [4.78, 5) is 23.6. The summed E-state index contributed by atoms with van der Waals surface area (Å²) < 4.78 is 13.6. The van der Waals surface area contributed by atoms with E-state index in [2.05, 4.69) is 9.97 Å². The number of rotatable bonds is 3. The van der Waals surface area contributed by atoms with Crippen LogP contribution >= 0.6 is 0 Å². The second-order valence-electron chi connectivity index (χ2n) is 7.55. The van der Waals surface area contributed by atoms with E-state index in [1.54, 1.807) is 29.2 Å². The van der Waals surface area contributed by atoms with E-state index in [0.717, 1.165) is 16.7 Å². The first kappa shape index (κ1) is 19.1. The number of aliphatic hydroxyl groups excluding tert-OH is 1. The molecule has 3 aromatic carbocycles. The maximum Gasteiger partial charge on any atom is 0.273 e. The molecule has 1 aromatic heterocycles. The van der Waals surface area contributed by atoms with Gasteiger partial charge >= 0.3 is 0 Å². The Hall–Kier alpha value is -3.84. The van der Waals surface area contributed by atoms with Crippen LogP contribution in [0.1, 0.15) is 27.2 Å². The first-order valence-electron chi connectivity index (χ1n) is 9.86. The number of anilines is 1. The lowest BCUT2D eigenvalue weighted by Crippen LogP contribution is -2.27. The number of carbonyl (C=O) groups is 1. The fourth-order valence-corrected chi connectivity index (χ4v) is 4.08. The van der Waals surface area contributed by atoms with Gasteiger partial charge in [-0.2, -0.15) is 0 Å². The lowest BCUT2D eigenvalue weighted by atomic mass is 9.98. The molecule has 0 saturated heterocycles. The van der Waals surface area contributed by atoms with Crippen LogP contribution in [0.3, 0.4) is 0 Å². The zero-order valence-electron chi connectivity index (χ0n) is 16.5. The van der Waals surface area contributed by atoms with E-state index in [1.165, 1.54) is 12.1 Å². The lowest BCUT2D eigenvalue weighted by Gasteiger charge is -2.17. The maximum atomic E-state index is 13.6. The van der Waals surface area contributed by atoms with Gasteiger partial charge in [-0.05, 0) is 52.1 Å². The van der Waals surface area contributed by atoms with Gasteiger partial charge in [-0.15, -0.1) is 0 Å². The van der Waals surface area contributed by atoms with Gasteiger partial charge in [0.2, 0.25) is 5.95 Å². The molecule has 0 bridgehead atoms. The third-order valence-corrected chi connectivity index (χ3v) is 5.59. The third kappa shape index (κ3) is 3.39. The molecular formula is C24H19FN4O2. The highest BCUT2D eigenvalue weighted by Gasteiger charge is 2.27. The highest BCUT2D eigenvalue weighted by molar-refractivity contribution is 6.05. The van der Waals surface area contributed by atoms with E-state index < -0.39 is 5.82 Å². The SMILES string of the molecule is Nc1nc(C(=O)N2Cc3ccccc3C2)c2cc(-c3ccc(F)cc3CO)ccc2n1. The van der Waals surface area contributed by atoms with Crippen molar-refractivity contribution in [3.8, 4) is 11.1 Å². The standard InChI is InChI=1S/C24H19FN4O2/c25-18-6-7-19(17(9-18)13-30)14-5-8-21-20(10-14)22(28-24(26)27-21)23(31)29-11-15-3-1-2-4-16(15)12-29/h1-10,30H,11-13H2,(H2,26,27,28). The summed E-state index contributed by atoms with van der Waals surface area (Å²) in [5, 5.41) is 10.2. The van der Waals surface area contributed by atoms with Crippen LogP contribution in [0.2, 0.25) is 0 Å². The topological polar surface area (TPSA) is 92.3 Å². The fourth-order valence-electron chi connectivity index (χ4n) is 4.08. The minimum Gasteiger partial charge on any atom is -0.392 e. The lowest BCUT2D eigenvalue weighted by molar-refractivity contribution is 0.0747. The van der Waals surface area contributed by atoms with Gasteiger partial charge < -0.3 is 15.7 Å². The number of hydrogen-bond donors (Lipinski definition) is 2. The molecule has 7 heteroatoms. The second-order valence-corrected chi connectivity index (χ2v) is 7.55. The molecule has 3 N–H and O–H groups in total. The number of nitrogen functional groups attached to an aromatic ring is 1. The van der Waals surface area contributed by atoms with Crippen LogP contribution in [-0.2, 0) is 19.7 Å². The summed E-state index contributed by atoms with van der Waals surface area (Å²) in [6.07, 6.45) is 0. The average Bonchev–Trinajstić information content (AvgIpc) is 3.22. The second kappa shape index (κ2) is 7.45. The van der Waals surface area contributed by atoms with Gasteiger partial charge in [-0.1, -0.05) is 36.4 Å². The molecule has 154 valence electrons. The molecule has 0 atom stereocenters. The first-order chi connectivity index (χ1) is 15.0. The summed E-state index contributed by atoms with van der Waals surface area (Å²) in [5.74, 6) is -0.624. The molecule has 0 aliphatic carbocycles. The number of nitrogens with zero attached hydrogens (tertiary/aromatic N) is 3. The molecule has 31 heavy (non-hydrogen) atoms. The first-order valence-corrected chi connectivity index (χ1v) is 9.86. The Balaban J connectivity index is 1.60. The number of aromatic nitrogens is 2. The number of hydrogen-bond acceptors (Lipinski definition) is 5. The smallest absolute Gasteiger partial charge is 0.273 e. The highest BCUT2D eigenvalue weighted by Crippen LogP contribution is 2.31. The maximum absolute atomic E-state index is 13.6. The zero-order valence-corrected chi connectivity index (χ0v) is 16.5. The number of aliphatic hydroxyl groups is 1. The van der Waals surface area contributed by atoms with Crippen LogP contribution in [0.25, 0.3) is 22.0 Å². The minimum atomic E-state index is -0.422. The number of benzene rings is 3. The molecule has 1 aliphatic heterocycles. The number of nitrogens with two attached hydrogens (primary N) is 1. The van der Waals surface area contributed by atoms with Crippen LogP contribution in [0.5, 0.6) is 0 Å². The van der Waals surface area contributed by atoms with Crippen molar-refractivity contribution < 1.29 is 14.3 Å². The Morgan fingerprint density at radius 3 is 2.48 bits per heavy atom. The van der Waals surface area contributed by atoms with Crippen molar-refractivity contribution in [2.45, 2.75) is 19.7 Å². The molecule has 1 amide bonds. The van der Waals surface area contributed by atoms with Gasteiger partial charge in [0.15, 0.2) is 0 Å². The van der Waals surface area contributed by atoms with E-state index in [4.69, 9.17) is 5.73 Å². The molecule has 0 saturated carbocycles. The molecule has 6 nitrogen and oxygen atoms in total. The molecular weight excluding hydrogens is 395 g/mol. The molecule has 5 rings (SSSR count). The monoisotopic (exact) mass is 414 g/mol. The number of halogens is 1. The Kier molecular flexibility index (Phi) is 4.60. The Morgan fingerprint density at radius 2 is 1.77 bits per heavy atom. The van der Waals surface area contributed by atoms with Gasteiger partial charge in [-0.25, -0.2) is 14.4 Å². The van der Waals surface area contributed by atoms with Crippen LogP contribution < -0.4 is 5.73 Å². The van der Waals surface area contributed by atoms with Crippen LogP contribution in [0.4, 0.5) is 10.3 Å². The molecule has 0 spiro atoms. The van der Waals surface area contributed by atoms with Gasteiger partial charge in [0.05, 0.1) is 12.1 Å². The highest BCUT2D eigenvalue weighted by atomic mass is 19.1. The van der Waals surface area contributed by atoms with Crippen molar-refractivity contribution in [2.75, 3.05) is 5.73 Å². The number of fused-ring (bicyclic) bond motifs is 2. The Bertz CT molecular complexity index is 1310. The molecule has 1 aliphatic rings. The van der Waals surface area contributed by atoms with Gasteiger partial charge in [0.1, 0.15) is 11.5 Å². The zero-order chi connectivity index (χ0) is 21.5. The summed E-state index contributed by atoms with van der Waals surface area (Å²) in [6.45, 7) is 0.709. The van der Waals surface area contributed by atoms with Gasteiger partial charge in [-0.3, -0.25) is 4.79 Å². The van der Waals surface area contributed by atoms with Crippen LogP contribution in [0.15, 0.2) is 60.7 Å². The largest absolute Gasteiger partial charge is 0.392 e. The summed E-state index contributed by atoms with van der Waals surface area (Å²) in [5.41, 5.74) is 10.7. The van der Waals surface area contributed by atoms with E-state index in [0.29, 0.717) is 35.1 Å². The quantitative estimate of drug-likeness (QED) is 0.534. The van der Waals surface area contributed by atoms with Crippen molar-refractivity contribution in [3.05, 3.63) is 88.9 Å². The van der Waals surface area contributed by atoms with Crippen molar-refractivity contribution in [1.29, 1.82) is 0 Å². The number of amides is 1. The normalized spacial score (nSPS) is 12.9. The van der Waals surface area contributed by atoms with Crippen molar-refractivity contribution >= 4 is 22.8 Å². The third-order valence-electron chi connectivity index (χ3n) is 5.59. The summed E-state index contributed by atoms with van der Waals surface area (Å²) in [7, 11) is 0. The van der Waals surface area contributed by atoms with Crippen LogP contribution in [-0.4, -0.2) is 25.9 Å². The molecule has 0 fully saturated rings. The van der Waals surface area contributed by atoms with Crippen molar-refractivity contribution in [1.82, 2.24) is 14.9 Å². The van der Waals surface area contributed by atoms with E-state index in [9.17, 15) is 14.3 Å². The Morgan fingerprint density at radius 1 is 1.03 bits per heavy atom. The predicted molar refractivity (Wildman–Crippen MR) is 115 cm³/mol. The van der Waals surface area contributed by atoms with E-state index in [-0.39, 0.29) is 24.2 Å². The Labute approximate surface area is 177 Å². The van der Waals surface area contributed by atoms with E-state index in [1.807, 2.05) is 24.3 Å². The van der Waals surface area contributed by atoms with Crippen molar-refractivity contribution in [2.24, 2.45) is 0 Å². The fraction of sp³-hybridized carbons (Fsp3) is 0.125. The molecule has 0 radical (unpaired) electrons. The van der Waals surface area contributed by atoms with Gasteiger partial charge in [0.25, 0.3) is 5.91 Å². The van der Waals surface area contributed by atoms with Crippen LogP contribution in [0, 0.1) is 5.82 Å². The molecule has 4 aromatic rings. The number of carbonyl (C=O) groups excluding carboxylic acids is 1. The average molecular weight is 414 g/mol. The molecule has 2 heterocycles. The summed E-state index contributed by atoms with van der Waals surface area (Å²) >= 11 is 0. The van der Waals surface area contributed by atoms with Gasteiger partial charge in [0, 0.05) is 18.5 Å². The van der Waals surface area contributed by atoms with E-state index >= 15 is 0 Å².